The summed E-state index contributed by atoms with van der Waals surface area (Å²) in [6.45, 7) is 5.03. The lowest BCUT2D eigenvalue weighted by molar-refractivity contribution is 0.317. The molecule has 0 spiro atoms. The molecular formula is C27H32FNO. The molecule has 0 aliphatic heterocycles. The minimum Gasteiger partial charge on any atom is -0.494 e. The molecule has 0 atom stereocenters. The minimum atomic E-state index is -0.196. The van der Waals surface area contributed by atoms with Crippen LogP contribution < -0.4 is 4.74 Å². The first-order valence-corrected chi connectivity index (χ1v) is 11.2. The van der Waals surface area contributed by atoms with Gasteiger partial charge in [0.2, 0.25) is 0 Å². The molecule has 1 heterocycles. The van der Waals surface area contributed by atoms with Gasteiger partial charge in [0.25, 0.3) is 0 Å². The minimum absolute atomic E-state index is 0.196. The van der Waals surface area contributed by atoms with E-state index < -0.39 is 0 Å². The number of rotatable bonds is 11. The van der Waals surface area contributed by atoms with E-state index >= 15 is 0 Å². The van der Waals surface area contributed by atoms with Crippen molar-refractivity contribution in [2.24, 2.45) is 0 Å². The fourth-order valence-electron chi connectivity index (χ4n) is 3.54. The zero-order valence-electron chi connectivity index (χ0n) is 18.2. The SMILES string of the molecule is CCCCCCCc1ccc(-c2ccc(-c3ccc(OCCC)cc3)cn2)c(F)c1. The van der Waals surface area contributed by atoms with E-state index in [0.29, 0.717) is 11.3 Å². The van der Waals surface area contributed by atoms with Crippen molar-refractivity contribution in [1.29, 1.82) is 0 Å². The van der Waals surface area contributed by atoms with Crippen LogP contribution in [0.1, 0.15) is 57.9 Å². The maximum Gasteiger partial charge on any atom is 0.132 e. The predicted molar refractivity (Wildman–Crippen MR) is 123 cm³/mol. The van der Waals surface area contributed by atoms with Gasteiger partial charge in [0, 0.05) is 17.3 Å². The Morgan fingerprint density at radius 3 is 2.23 bits per heavy atom. The van der Waals surface area contributed by atoms with Crippen molar-refractivity contribution in [2.75, 3.05) is 6.61 Å². The standard InChI is InChI=1S/C27H32FNO/c1-3-5-6-7-8-9-21-10-16-25(26(28)19-21)27-17-13-23(20-29-27)22-11-14-24(15-12-22)30-18-4-2/h10-17,19-20H,3-9,18H2,1-2H3. The van der Waals surface area contributed by atoms with E-state index in [1.54, 1.807) is 12.3 Å². The lowest BCUT2D eigenvalue weighted by atomic mass is 10.0. The van der Waals surface area contributed by atoms with Gasteiger partial charge in [0.1, 0.15) is 11.6 Å². The average Bonchev–Trinajstić information content (AvgIpc) is 2.78. The Labute approximate surface area is 180 Å². The van der Waals surface area contributed by atoms with E-state index in [2.05, 4.69) is 18.8 Å². The van der Waals surface area contributed by atoms with Gasteiger partial charge in [-0.05, 0) is 60.7 Å². The molecule has 0 aliphatic rings. The molecule has 0 saturated carbocycles. The van der Waals surface area contributed by atoms with Gasteiger partial charge in [-0.2, -0.15) is 0 Å². The first kappa shape index (κ1) is 22.0. The van der Waals surface area contributed by atoms with E-state index in [9.17, 15) is 4.39 Å². The summed E-state index contributed by atoms with van der Waals surface area (Å²) in [7, 11) is 0. The molecule has 0 radical (unpaired) electrons. The topological polar surface area (TPSA) is 22.1 Å². The highest BCUT2D eigenvalue weighted by molar-refractivity contribution is 5.67. The molecule has 0 fully saturated rings. The summed E-state index contributed by atoms with van der Waals surface area (Å²) in [6.07, 6.45) is 9.86. The zero-order chi connectivity index (χ0) is 21.2. The Kier molecular flexibility index (Phi) is 8.43. The highest BCUT2D eigenvalue weighted by Crippen LogP contribution is 2.26. The molecule has 2 aromatic carbocycles. The van der Waals surface area contributed by atoms with Crippen LogP contribution in [0.3, 0.4) is 0 Å². The van der Waals surface area contributed by atoms with Crippen molar-refractivity contribution in [2.45, 2.75) is 58.8 Å². The Morgan fingerprint density at radius 2 is 1.57 bits per heavy atom. The van der Waals surface area contributed by atoms with Crippen LogP contribution in [0.15, 0.2) is 60.8 Å². The van der Waals surface area contributed by atoms with E-state index in [4.69, 9.17) is 4.74 Å². The van der Waals surface area contributed by atoms with Crippen LogP contribution in [0.2, 0.25) is 0 Å². The molecule has 3 aromatic rings. The van der Waals surface area contributed by atoms with Crippen LogP contribution in [0.4, 0.5) is 4.39 Å². The number of pyridine rings is 1. The van der Waals surface area contributed by atoms with E-state index in [-0.39, 0.29) is 5.82 Å². The number of unbranched alkanes of at least 4 members (excludes halogenated alkanes) is 4. The van der Waals surface area contributed by atoms with Gasteiger partial charge < -0.3 is 4.74 Å². The van der Waals surface area contributed by atoms with Gasteiger partial charge >= 0.3 is 0 Å². The van der Waals surface area contributed by atoms with Crippen molar-refractivity contribution in [3.63, 3.8) is 0 Å². The normalized spacial score (nSPS) is 10.9. The first-order valence-electron chi connectivity index (χ1n) is 11.2. The molecule has 0 unspecified atom stereocenters. The van der Waals surface area contributed by atoms with Crippen LogP contribution in [0, 0.1) is 5.82 Å². The van der Waals surface area contributed by atoms with E-state index in [1.807, 2.05) is 48.5 Å². The third kappa shape index (κ3) is 6.16. The number of ether oxygens (including phenoxy) is 1. The number of aromatic nitrogens is 1. The van der Waals surface area contributed by atoms with Gasteiger partial charge in [0.05, 0.1) is 12.3 Å². The number of aryl methyl sites for hydroxylation is 1. The molecule has 1 aromatic heterocycles. The quantitative estimate of drug-likeness (QED) is 0.303. The van der Waals surface area contributed by atoms with Crippen LogP contribution >= 0.6 is 0 Å². The summed E-state index contributed by atoms with van der Waals surface area (Å²) in [6, 6.07) is 17.4. The van der Waals surface area contributed by atoms with E-state index in [1.165, 1.54) is 25.7 Å². The molecule has 0 aliphatic carbocycles. The maximum absolute atomic E-state index is 14.7. The fourth-order valence-corrected chi connectivity index (χ4v) is 3.54. The molecule has 0 bridgehead atoms. The summed E-state index contributed by atoms with van der Waals surface area (Å²) < 4.78 is 20.3. The highest BCUT2D eigenvalue weighted by atomic mass is 19.1. The Balaban J connectivity index is 1.64. The van der Waals surface area contributed by atoms with E-state index in [0.717, 1.165) is 48.3 Å². The molecule has 3 heteroatoms. The maximum atomic E-state index is 14.7. The third-order valence-electron chi connectivity index (χ3n) is 5.30. The number of hydrogen-bond acceptors (Lipinski definition) is 2. The molecule has 0 amide bonds. The van der Waals surface area contributed by atoms with Crippen LogP contribution in [-0.2, 0) is 6.42 Å². The number of benzene rings is 2. The van der Waals surface area contributed by atoms with Crippen molar-refractivity contribution in [1.82, 2.24) is 4.98 Å². The monoisotopic (exact) mass is 405 g/mol. The molecule has 0 N–H and O–H groups in total. The number of nitrogens with zero attached hydrogens (tertiary/aromatic N) is 1. The van der Waals surface area contributed by atoms with Gasteiger partial charge in [-0.25, -0.2) is 4.39 Å². The Morgan fingerprint density at radius 1 is 0.800 bits per heavy atom. The molecule has 0 saturated heterocycles. The summed E-state index contributed by atoms with van der Waals surface area (Å²) in [5.74, 6) is 0.677. The first-order chi connectivity index (χ1) is 14.7. The predicted octanol–water partition coefficient (Wildman–Crippen LogP) is 7.86. The average molecular weight is 406 g/mol. The highest BCUT2D eigenvalue weighted by Gasteiger charge is 2.08. The third-order valence-corrected chi connectivity index (χ3v) is 5.30. The van der Waals surface area contributed by atoms with Crippen LogP contribution in [-0.4, -0.2) is 11.6 Å². The van der Waals surface area contributed by atoms with Crippen molar-refractivity contribution in [3.8, 4) is 28.1 Å². The number of hydrogen-bond donors (Lipinski definition) is 0. The van der Waals surface area contributed by atoms with Gasteiger partial charge in [-0.3, -0.25) is 4.98 Å². The Bertz CT molecular complexity index is 903. The van der Waals surface area contributed by atoms with Gasteiger partial charge in [-0.1, -0.05) is 63.8 Å². The zero-order valence-corrected chi connectivity index (χ0v) is 18.2. The molecule has 2 nitrogen and oxygen atoms in total. The molecule has 30 heavy (non-hydrogen) atoms. The van der Waals surface area contributed by atoms with Crippen LogP contribution in [0.5, 0.6) is 5.75 Å². The molecule has 158 valence electrons. The summed E-state index contributed by atoms with van der Waals surface area (Å²) in [4.78, 5) is 4.51. The van der Waals surface area contributed by atoms with Gasteiger partial charge in [-0.15, -0.1) is 0 Å². The number of halogens is 1. The largest absolute Gasteiger partial charge is 0.494 e. The summed E-state index contributed by atoms with van der Waals surface area (Å²) in [5, 5.41) is 0. The summed E-state index contributed by atoms with van der Waals surface area (Å²) in [5.41, 5.74) is 4.35. The smallest absolute Gasteiger partial charge is 0.132 e. The lowest BCUT2D eigenvalue weighted by Gasteiger charge is -2.08. The van der Waals surface area contributed by atoms with Crippen molar-refractivity contribution < 1.29 is 9.13 Å². The molecular weight excluding hydrogens is 373 g/mol. The van der Waals surface area contributed by atoms with Crippen molar-refractivity contribution in [3.05, 3.63) is 72.2 Å². The summed E-state index contributed by atoms with van der Waals surface area (Å²) >= 11 is 0. The fraction of sp³-hybridized carbons (Fsp3) is 0.370. The Hall–Kier alpha value is -2.68. The molecule has 3 rings (SSSR count). The second-order valence-electron chi connectivity index (χ2n) is 7.78. The van der Waals surface area contributed by atoms with Gasteiger partial charge in [0.15, 0.2) is 0 Å². The second kappa shape index (κ2) is 11.5. The second-order valence-corrected chi connectivity index (χ2v) is 7.78. The lowest BCUT2D eigenvalue weighted by Crippen LogP contribution is -1.94. The van der Waals surface area contributed by atoms with Crippen LogP contribution in [0.25, 0.3) is 22.4 Å². The van der Waals surface area contributed by atoms with Crippen molar-refractivity contribution >= 4 is 0 Å².